The van der Waals surface area contributed by atoms with Crippen molar-refractivity contribution in [3.63, 3.8) is 0 Å². The molecule has 0 radical (unpaired) electrons. The monoisotopic (exact) mass is 374 g/mol. The van der Waals surface area contributed by atoms with Gasteiger partial charge >= 0.3 is 0 Å². The molecule has 0 amide bonds. The summed E-state index contributed by atoms with van der Waals surface area (Å²) in [5.74, 6) is 0. The normalized spacial score (nSPS) is 11.3. The highest BCUT2D eigenvalue weighted by Gasteiger charge is 2.27. The second-order valence-electron chi connectivity index (χ2n) is 4.71. The summed E-state index contributed by atoms with van der Waals surface area (Å²) in [5.41, 5.74) is -0.760. The number of hydrogen-bond acceptors (Lipinski definition) is 5. The minimum Gasteiger partial charge on any atom is -0.314 e. The van der Waals surface area contributed by atoms with E-state index < -0.39 is 17.0 Å². The number of nitro groups is 2. The van der Waals surface area contributed by atoms with E-state index in [0.29, 0.717) is 0 Å². The molecule has 7 nitrogen and oxygen atoms in total. The summed E-state index contributed by atoms with van der Waals surface area (Å²) in [6.07, 6.45) is 0. The van der Waals surface area contributed by atoms with Gasteiger partial charge in [-0.05, 0) is 30.9 Å². The van der Waals surface area contributed by atoms with Crippen LogP contribution in [-0.2, 0) is 4.57 Å². The lowest BCUT2D eigenvalue weighted by Gasteiger charge is -2.14. The van der Waals surface area contributed by atoms with Gasteiger partial charge in [0, 0.05) is 22.7 Å². The third-order valence-electron chi connectivity index (χ3n) is 3.24. The van der Waals surface area contributed by atoms with Crippen LogP contribution < -0.4 is 10.6 Å². The molecule has 0 aromatic heterocycles. The van der Waals surface area contributed by atoms with Crippen LogP contribution in [0.2, 0.25) is 10.0 Å². The SMILES string of the molecule is CP(=O)(c1ccc(Cl)c([N+](=O)[O-])c1)c1ccc(Cl)c([N+](=O)[O-])c1. The molecule has 0 saturated carbocycles. The molecule has 10 heteroatoms. The molecule has 0 bridgehead atoms. The van der Waals surface area contributed by atoms with Gasteiger partial charge in [-0.15, -0.1) is 0 Å². The molecule has 0 unspecified atom stereocenters. The second-order valence-corrected chi connectivity index (χ2v) is 8.41. The molecule has 0 saturated heterocycles. The van der Waals surface area contributed by atoms with Crippen molar-refractivity contribution in [3.05, 3.63) is 66.7 Å². The molecule has 120 valence electrons. The van der Waals surface area contributed by atoms with Gasteiger partial charge in [0.15, 0.2) is 0 Å². The Balaban J connectivity index is 2.61. The number of benzene rings is 2. The lowest BCUT2D eigenvalue weighted by molar-refractivity contribution is -0.384. The number of rotatable bonds is 4. The van der Waals surface area contributed by atoms with Crippen molar-refractivity contribution in [2.75, 3.05) is 6.66 Å². The van der Waals surface area contributed by atoms with Crippen LogP contribution in [0.3, 0.4) is 0 Å². The Hall–Kier alpha value is -1.95. The van der Waals surface area contributed by atoms with E-state index >= 15 is 0 Å². The Labute approximate surface area is 140 Å². The maximum Gasteiger partial charge on any atom is 0.288 e. The van der Waals surface area contributed by atoms with E-state index in [2.05, 4.69) is 0 Å². The van der Waals surface area contributed by atoms with Gasteiger partial charge in [-0.3, -0.25) is 20.2 Å². The highest BCUT2D eigenvalue weighted by atomic mass is 35.5. The first-order chi connectivity index (χ1) is 10.6. The molecule has 2 rings (SSSR count). The van der Waals surface area contributed by atoms with E-state index in [-0.39, 0.29) is 32.0 Å². The van der Waals surface area contributed by atoms with Crippen molar-refractivity contribution in [2.24, 2.45) is 0 Å². The summed E-state index contributed by atoms with van der Waals surface area (Å²) in [5, 5.41) is 22.1. The first-order valence-corrected chi connectivity index (χ1v) is 9.02. The standard InChI is InChI=1S/C13H9Cl2N2O5P/c1-23(22,8-2-4-10(14)12(6-8)16(18)19)9-3-5-11(15)13(7-9)17(20)21/h2-7H,1H3. The number of hydrogen-bond donors (Lipinski definition) is 0. The summed E-state index contributed by atoms with van der Waals surface area (Å²) < 4.78 is 13.1. The molecule has 0 fully saturated rings. The van der Waals surface area contributed by atoms with Gasteiger partial charge in [-0.1, -0.05) is 23.2 Å². The summed E-state index contributed by atoms with van der Waals surface area (Å²) in [6, 6.07) is 7.57. The molecule has 0 heterocycles. The highest BCUT2D eigenvalue weighted by molar-refractivity contribution is 7.78. The lowest BCUT2D eigenvalue weighted by atomic mass is 10.3. The van der Waals surface area contributed by atoms with Crippen LogP contribution in [-0.4, -0.2) is 16.5 Å². The van der Waals surface area contributed by atoms with E-state index in [0.717, 1.165) is 12.1 Å². The van der Waals surface area contributed by atoms with Crippen molar-refractivity contribution in [1.82, 2.24) is 0 Å². The Morgan fingerprint density at radius 1 is 0.870 bits per heavy atom. The maximum absolute atomic E-state index is 13.1. The summed E-state index contributed by atoms with van der Waals surface area (Å²) in [7, 11) is -3.30. The van der Waals surface area contributed by atoms with Gasteiger partial charge in [0.2, 0.25) is 0 Å². The van der Waals surface area contributed by atoms with E-state index in [1.54, 1.807) is 0 Å². The fourth-order valence-electron chi connectivity index (χ4n) is 1.96. The predicted octanol–water partition coefficient (Wildman–Crippen LogP) is 3.75. The average molecular weight is 375 g/mol. The topological polar surface area (TPSA) is 103 Å². The van der Waals surface area contributed by atoms with Crippen LogP contribution in [0.25, 0.3) is 0 Å². The van der Waals surface area contributed by atoms with Crippen LogP contribution in [0.5, 0.6) is 0 Å². The van der Waals surface area contributed by atoms with E-state index in [9.17, 15) is 24.8 Å². The number of halogens is 2. The zero-order valence-electron chi connectivity index (χ0n) is 11.6. The zero-order valence-corrected chi connectivity index (χ0v) is 14.0. The van der Waals surface area contributed by atoms with E-state index in [1.807, 2.05) is 0 Å². The molecular weight excluding hydrogens is 366 g/mol. The fourth-order valence-corrected chi connectivity index (χ4v) is 4.09. The second kappa shape index (κ2) is 6.28. The van der Waals surface area contributed by atoms with Gasteiger partial charge < -0.3 is 4.57 Å². The largest absolute Gasteiger partial charge is 0.314 e. The van der Waals surface area contributed by atoms with Crippen LogP contribution in [0.1, 0.15) is 0 Å². The zero-order chi connectivity index (χ0) is 17.4. The van der Waals surface area contributed by atoms with Gasteiger partial charge in [-0.2, -0.15) is 0 Å². The minimum absolute atomic E-state index is 0.0826. The van der Waals surface area contributed by atoms with Crippen molar-refractivity contribution in [2.45, 2.75) is 0 Å². The van der Waals surface area contributed by atoms with Gasteiger partial charge in [0.25, 0.3) is 11.4 Å². The van der Waals surface area contributed by atoms with Crippen LogP contribution >= 0.6 is 30.3 Å². The van der Waals surface area contributed by atoms with E-state index in [1.165, 1.54) is 30.9 Å². The summed E-state index contributed by atoms with van der Waals surface area (Å²) in [4.78, 5) is 20.5. The van der Waals surface area contributed by atoms with E-state index in [4.69, 9.17) is 23.2 Å². The molecule has 0 N–H and O–H groups in total. The number of nitro benzene ring substituents is 2. The Kier molecular flexibility index (Phi) is 4.75. The quantitative estimate of drug-likeness (QED) is 0.460. The minimum atomic E-state index is -3.30. The molecule has 0 aliphatic rings. The van der Waals surface area contributed by atoms with Gasteiger partial charge in [-0.25, -0.2) is 0 Å². The average Bonchev–Trinajstić information content (AvgIpc) is 2.47. The Morgan fingerprint density at radius 2 is 1.22 bits per heavy atom. The van der Waals surface area contributed by atoms with Gasteiger partial charge in [0.05, 0.1) is 9.85 Å². The first kappa shape index (κ1) is 17.4. The molecule has 0 atom stereocenters. The van der Waals surface area contributed by atoms with Crippen molar-refractivity contribution in [1.29, 1.82) is 0 Å². The van der Waals surface area contributed by atoms with Crippen LogP contribution in [0.15, 0.2) is 36.4 Å². The van der Waals surface area contributed by atoms with Crippen molar-refractivity contribution < 1.29 is 14.4 Å². The van der Waals surface area contributed by atoms with Crippen LogP contribution in [0.4, 0.5) is 11.4 Å². The smallest absolute Gasteiger partial charge is 0.288 e. The lowest BCUT2D eigenvalue weighted by Crippen LogP contribution is -2.16. The maximum atomic E-state index is 13.1. The third kappa shape index (κ3) is 3.37. The molecule has 0 spiro atoms. The fraction of sp³-hybridized carbons (Fsp3) is 0.0769. The number of nitrogens with zero attached hydrogens (tertiary/aromatic N) is 2. The molecule has 0 aliphatic heterocycles. The molecule has 0 aliphatic carbocycles. The Morgan fingerprint density at radius 3 is 1.52 bits per heavy atom. The molecular formula is C13H9Cl2N2O5P. The first-order valence-electron chi connectivity index (χ1n) is 6.11. The summed E-state index contributed by atoms with van der Waals surface area (Å²) in [6.45, 7) is 1.37. The molecule has 23 heavy (non-hydrogen) atoms. The van der Waals surface area contributed by atoms with Crippen molar-refractivity contribution >= 4 is 52.3 Å². The third-order valence-corrected chi connectivity index (χ3v) is 6.40. The summed E-state index contributed by atoms with van der Waals surface area (Å²) >= 11 is 11.5. The highest BCUT2D eigenvalue weighted by Crippen LogP contribution is 2.42. The Bertz CT molecular complexity index is 804. The molecule has 2 aromatic carbocycles. The van der Waals surface area contributed by atoms with Crippen LogP contribution in [0, 0.1) is 20.2 Å². The predicted molar refractivity (Wildman–Crippen MR) is 89.0 cm³/mol. The molecule has 2 aromatic rings. The van der Waals surface area contributed by atoms with Crippen molar-refractivity contribution in [3.8, 4) is 0 Å². The van der Waals surface area contributed by atoms with Gasteiger partial charge in [0.1, 0.15) is 17.2 Å².